The number of rotatable bonds is 5. The molecule has 28 heavy (non-hydrogen) atoms. The van der Waals surface area contributed by atoms with Gasteiger partial charge in [0.05, 0.1) is 0 Å². The summed E-state index contributed by atoms with van der Waals surface area (Å²) in [7, 11) is 0. The minimum Gasteiger partial charge on any atom is -0.406 e. The molecule has 0 saturated carbocycles. The van der Waals surface area contributed by atoms with Crippen LogP contribution < -0.4 is 15.4 Å². The monoisotopic (exact) mass is 407 g/mol. The van der Waals surface area contributed by atoms with E-state index < -0.39 is 6.36 Å². The zero-order chi connectivity index (χ0) is 20.3. The number of nitrogens with zero attached hydrogens (tertiary/aromatic N) is 1. The van der Waals surface area contributed by atoms with Gasteiger partial charge in [0.1, 0.15) is 11.4 Å². The van der Waals surface area contributed by atoms with Gasteiger partial charge in [0.15, 0.2) is 5.13 Å². The molecule has 0 aliphatic carbocycles. The fraction of sp³-hybridized carbons (Fsp3) is 0.158. The first kappa shape index (κ1) is 19.7. The Morgan fingerprint density at radius 2 is 1.68 bits per heavy atom. The fourth-order valence-corrected chi connectivity index (χ4v) is 3.25. The van der Waals surface area contributed by atoms with E-state index in [0.717, 1.165) is 11.1 Å². The highest BCUT2D eigenvalue weighted by atomic mass is 32.1. The smallest absolute Gasteiger partial charge is 0.406 e. The number of aryl methyl sites for hydroxylation is 2. The third-order valence-corrected chi connectivity index (χ3v) is 4.31. The summed E-state index contributed by atoms with van der Waals surface area (Å²) >= 11 is 1.21. The van der Waals surface area contributed by atoms with Crippen LogP contribution in [0, 0.1) is 13.8 Å². The number of benzene rings is 2. The first-order valence-corrected chi connectivity index (χ1v) is 9.04. The zero-order valence-electron chi connectivity index (χ0n) is 14.9. The number of hydrogen-bond donors (Lipinski definition) is 2. The number of anilines is 3. The van der Waals surface area contributed by atoms with Gasteiger partial charge in [-0.1, -0.05) is 6.07 Å². The van der Waals surface area contributed by atoms with Gasteiger partial charge in [-0.15, -0.1) is 24.5 Å². The second kappa shape index (κ2) is 7.89. The van der Waals surface area contributed by atoms with Gasteiger partial charge in [-0.05, 0) is 61.4 Å². The number of aromatic nitrogens is 1. The van der Waals surface area contributed by atoms with Crippen LogP contribution in [0.4, 0.5) is 29.7 Å². The number of carbonyl (C=O) groups is 1. The van der Waals surface area contributed by atoms with Crippen LogP contribution in [0.5, 0.6) is 5.75 Å². The number of carbonyl (C=O) groups excluding carboxylic acids is 1. The van der Waals surface area contributed by atoms with E-state index >= 15 is 0 Å². The van der Waals surface area contributed by atoms with Crippen LogP contribution in [0.2, 0.25) is 0 Å². The van der Waals surface area contributed by atoms with E-state index in [1.807, 2.05) is 32.0 Å². The Kier molecular flexibility index (Phi) is 5.55. The van der Waals surface area contributed by atoms with Gasteiger partial charge in [0, 0.05) is 16.8 Å². The molecule has 0 unspecified atom stereocenters. The average Bonchev–Trinajstić information content (AvgIpc) is 3.03. The van der Waals surface area contributed by atoms with Gasteiger partial charge in [-0.3, -0.25) is 4.79 Å². The summed E-state index contributed by atoms with van der Waals surface area (Å²) in [5.74, 6) is -0.658. The second-order valence-electron chi connectivity index (χ2n) is 6.07. The molecule has 0 atom stereocenters. The Balaban J connectivity index is 1.64. The summed E-state index contributed by atoms with van der Waals surface area (Å²) in [5.41, 5.74) is 3.52. The Bertz CT molecular complexity index is 965. The molecule has 146 valence electrons. The lowest BCUT2D eigenvalue weighted by Crippen LogP contribution is -2.16. The number of hydrogen-bond acceptors (Lipinski definition) is 5. The molecule has 0 aliphatic rings. The lowest BCUT2D eigenvalue weighted by atomic mass is 10.1. The molecule has 0 aliphatic heterocycles. The van der Waals surface area contributed by atoms with Crippen molar-refractivity contribution in [3.8, 4) is 5.75 Å². The maximum absolute atomic E-state index is 12.4. The highest BCUT2D eigenvalue weighted by Crippen LogP contribution is 2.26. The lowest BCUT2D eigenvalue weighted by molar-refractivity contribution is -0.274. The molecule has 5 nitrogen and oxygen atoms in total. The molecular formula is C19H16F3N3O2S. The predicted molar refractivity (Wildman–Crippen MR) is 102 cm³/mol. The predicted octanol–water partition coefficient (Wildman–Crippen LogP) is 5.65. The highest BCUT2D eigenvalue weighted by Gasteiger charge is 2.30. The number of amides is 1. The Morgan fingerprint density at radius 3 is 2.29 bits per heavy atom. The molecule has 2 N–H and O–H groups in total. The Hall–Kier alpha value is -3.07. The molecule has 0 fully saturated rings. The van der Waals surface area contributed by atoms with Crippen LogP contribution >= 0.6 is 11.3 Å². The Morgan fingerprint density at radius 1 is 1.04 bits per heavy atom. The molecule has 1 heterocycles. The van der Waals surface area contributed by atoms with Crippen molar-refractivity contribution in [3.63, 3.8) is 0 Å². The van der Waals surface area contributed by atoms with Crippen molar-refractivity contribution in [1.82, 2.24) is 4.98 Å². The number of alkyl halides is 3. The fourth-order valence-electron chi connectivity index (χ4n) is 2.54. The molecule has 0 saturated heterocycles. The van der Waals surface area contributed by atoms with Crippen LogP contribution in [0.1, 0.15) is 21.6 Å². The molecule has 3 aromatic rings. The minimum absolute atomic E-state index is 0.240. The van der Waals surface area contributed by atoms with E-state index in [9.17, 15) is 18.0 Å². The molecule has 1 aromatic heterocycles. The van der Waals surface area contributed by atoms with E-state index in [-0.39, 0.29) is 17.4 Å². The van der Waals surface area contributed by atoms with Gasteiger partial charge in [-0.2, -0.15) is 0 Å². The summed E-state index contributed by atoms with van der Waals surface area (Å²) < 4.78 is 40.4. The molecular weight excluding hydrogens is 391 g/mol. The van der Waals surface area contributed by atoms with E-state index in [0.29, 0.717) is 16.5 Å². The summed E-state index contributed by atoms with van der Waals surface area (Å²) in [6.07, 6.45) is -4.73. The van der Waals surface area contributed by atoms with Crippen LogP contribution in [0.15, 0.2) is 47.8 Å². The molecule has 9 heteroatoms. The van der Waals surface area contributed by atoms with Crippen LogP contribution in [0.3, 0.4) is 0 Å². The van der Waals surface area contributed by atoms with Crippen LogP contribution in [-0.4, -0.2) is 17.3 Å². The quantitative estimate of drug-likeness (QED) is 0.573. The molecule has 3 rings (SSSR count). The van der Waals surface area contributed by atoms with Crippen LogP contribution in [-0.2, 0) is 0 Å². The number of halogens is 3. The van der Waals surface area contributed by atoms with Crippen molar-refractivity contribution < 1.29 is 22.7 Å². The van der Waals surface area contributed by atoms with Gasteiger partial charge < -0.3 is 15.4 Å². The molecule has 1 amide bonds. The molecule has 0 spiro atoms. The third-order valence-electron chi connectivity index (χ3n) is 3.56. The third kappa shape index (κ3) is 5.46. The van der Waals surface area contributed by atoms with Crippen molar-refractivity contribution in [3.05, 3.63) is 64.7 Å². The summed E-state index contributed by atoms with van der Waals surface area (Å²) in [5, 5.41) is 7.78. The molecule has 2 aromatic carbocycles. The standard InChI is InChI=1S/C19H16F3N3O2S/c1-11-7-12(2)9-14(8-11)23-17(26)16-10-28-18(25-16)24-13-3-5-15(6-4-13)27-19(20,21)22/h3-10H,1-2H3,(H,23,26)(H,24,25). The average molecular weight is 407 g/mol. The first-order valence-electron chi connectivity index (χ1n) is 8.16. The first-order chi connectivity index (χ1) is 13.2. The van der Waals surface area contributed by atoms with E-state index in [1.54, 1.807) is 5.38 Å². The molecule has 0 bridgehead atoms. The second-order valence-corrected chi connectivity index (χ2v) is 6.92. The van der Waals surface area contributed by atoms with Gasteiger partial charge >= 0.3 is 6.36 Å². The van der Waals surface area contributed by atoms with Crippen molar-refractivity contribution >= 4 is 33.8 Å². The van der Waals surface area contributed by atoms with Gasteiger partial charge in [-0.25, -0.2) is 4.98 Å². The zero-order valence-corrected chi connectivity index (χ0v) is 15.7. The van der Waals surface area contributed by atoms with Crippen LogP contribution in [0.25, 0.3) is 0 Å². The number of nitrogens with one attached hydrogen (secondary N) is 2. The number of ether oxygens (including phenoxy) is 1. The van der Waals surface area contributed by atoms with Crippen molar-refractivity contribution in [1.29, 1.82) is 0 Å². The number of thiazole rings is 1. The topological polar surface area (TPSA) is 63.2 Å². The van der Waals surface area contributed by atoms with E-state index in [2.05, 4.69) is 20.4 Å². The van der Waals surface area contributed by atoms with Crippen molar-refractivity contribution in [2.75, 3.05) is 10.6 Å². The van der Waals surface area contributed by atoms with Crippen molar-refractivity contribution in [2.24, 2.45) is 0 Å². The SMILES string of the molecule is Cc1cc(C)cc(NC(=O)c2csc(Nc3ccc(OC(F)(F)F)cc3)n2)c1. The Labute approximate surface area is 163 Å². The largest absolute Gasteiger partial charge is 0.573 e. The maximum Gasteiger partial charge on any atom is 0.573 e. The van der Waals surface area contributed by atoms with E-state index in [1.165, 1.54) is 35.6 Å². The maximum atomic E-state index is 12.4. The summed E-state index contributed by atoms with van der Waals surface area (Å²) in [4.78, 5) is 16.6. The highest BCUT2D eigenvalue weighted by molar-refractivity contribution is 7.14. The molecule has 0 radical (unpaired) electrons. The van der Waals surface area contributed by atoms with E-state index in [4.69, 9.17) is 0 Å². The minimum atomic E-state index is -4.73. The lowest BCUT2D eigenvalue weighted by Gasteiger charge is -2.09. The van der Waals surface area contributed by atoms with Crippen molar-refractivity contribution in [2.45, 2.75) is 20.2 Å². The normalized spacial score (nSPS) is 11.2. The summed E-state index contributed by atoms with van der Waals surface area (Å²) in [6, 6.07) is 11.0. The van der Waals surface area contributed by atoms with Gasteiger partial charge in [0.2, 0.25) is 0 Å². The summed E-state index contributed by atoms with van der Waals surface area (Å²) in [6.45, 7) is 3.89. The van der Waals surface area contributed by atoms with Gasteiger partial charge in [0.25, 0.3) is 5.91 Å².